The molecule has 0 radical (unpaired) electrons. The first-order valence-electron chi connectivity index (χ1n) is 4.68. The molecular formula is C10H22N2O. The Balaban J connectivity index is 4.22. The van der Waals surface area contributed by atoms with Crippen LogP contribution in [0.3, 0.4) is 0 Å². The van der Waals surface area contributed by atoms with Crippen LogP contribution in [0.25, 0.3) is 0 Å². The van der Waals surface area contributed by atoms with Crippen LogP contribution in [0.5, 0.6) is 0 Å². The van der Waals surface area contributed by atoms with Gasteiger partial charge in [-0.1, -0.05) is 20.8 Å². The highest BCUT2D eigenvalue weighted by Gasteiger charge is 2.24. The third kappa shape index (κ3) is 4.27. The van der Waals surface area contributed by atoms with E-state index in [0.29, 0.717) is 6.04 Å². The molecule has 0 aliphatic rings. The van der Waals surface area contributed by atoms with Crippen molar-refractivity contribution in [2.45, 2.75) is 33.7 Å². The van der Waals surface area contributed by atoms with Crippen LogP contribution in [-0.4, -0.2) is 37.5 Å². The van der Waals surface area contributed by atoms with Gasteiger partial charge in [-0.05, 0) is 12.5 Å². The summed E-state index contributed by atoms with van der Waals surface area (Å²) < 4.78 is 0. The third-order valence-corrected chi connectivity index (χ3v) is 2.39. The molecule has 0 saturated carbocycles. The molecule has 0 rings (SSSR count). The van der Waals surface area contributed by atoms with Gasteiger partial charge in [-0.2, -0.15) is 0 Å². The third-order valence-electron chi connectivity index (χ3n) is 2.39. The van der Waals surface area contributed by atoms with Crippen molar-refractivity contribution < 1.29 is 4.79 Å². The molecule has 78 valence electrons. The fraction of sp³-hybridized carbons (Fsp3) is 0.900. The second-order valence-electron chi connectivity index (χ2n) is 4.61. The maximum Gasteiger partial charge on any atom is 0.219 e. The van der Waals surface area contributed by atoms with E-state index < -0.39 is 0 Å². The summed E-state index contributed by atoms with van der Waals surface area (Å²) in [5.41, 5.74) is 0.179. The van der Waals surface area contributed by atoms with Crippen molar-refractivity contribution in [1.82, 2.24) is 10.2 Å². The number of likely N-dealkylation sites (N-methyl/N-ethyl adjacent to an activating group) is 2. The van der Waals surface area contributed by atoms with E-state index in [-0.39, 0.29) is 11.3 Å². The molecule has 1 atom stereocenters. The molecule has 0 aromatic carbocycles. The van der Waals surface area contributed by atoms with E-state index in [0.717, 1.165) is 6.54 Å². The molecule has 0 aliphatic carbocycles. The topological polar surface area (TPSA) is 32.3 Å². The molecule has 0 aromatic rings. The lowest BCUT2D eigenvalue weighted by molar-refractivity contribution is -0.128. The summed E-state index contributed by atoms with van der Waals surface area (Å²) in [5.74, 6) is 0.115. The standard InChI is InChI=1S/C10H22N2O/c1-8(13)12(6)7-9(11-5)10(2,3)4/h9,11H,7H2,1-6H3. The van der Waals surface area contributed by atoms with Gasteiger partial charge in [0.25, 0.3) is 0 Å². The Morgan fingerprint density at radius 1 is 1.46 bits per heavy atom. The minimum absolute atomic E-state index is 0.115. The Hall–Kier alpha value is -0.570. The van der Waals surface area contributed by atoms with Gasteiger partial charge in [-0.15, -0.1) is 0 Å². The molecule has 1 amide bonds. The van der Waals surface area contributed by atoms with Crippen molar-refractivity contribution in [3.05, 3.63) is 0 Å². The summed E-state index contributed by atoms with van der Waals surface area (Å²) in [6.07, 6.45) is 0. The Morgan fingerprint density at radius 2 is 1.92 bits per heavy atom. The van der Waals surface area contributed by atoms with Crippen LogP contribution in [0.1, 0.15) is 27.7 Å². The van der Waals surface area contributed by atoms with Gasteiger partial charge in [0.2, 0.25) is 5.91 Å². The lowest BCUT2D eigenvalue weighted by Crippen LogP contribution is -2.47. The predicted octanol–water partition coefficient (Wildman–Crippen LogP) is 1.10. The zero-order valence-electron chi connectivity index (χ0n) is 9.64. The van der Waals surface area contributed by atoms with E-state index in [4.69, 9.17) is 0 Å². The fourth-order valence-electron chi connectivity index (χ4n) is 1.20. The Bertz CT molecular complexity index is 172. The van der Waals surface area contributed by atoms with Crippen LogP contribution in [0, 0.1) is 5.41 Å². The van der Waals surface area contributed by atoms with E-state index in [1.165, 1.54) is 0 Å². The van der Waals surface area contributed by atoms with Crippen molar-refractivity contribution in [1.29, 1.82) is 0 Å². The smallest absolute Gasteiger partial charge is 0.219 e. The molecule has 3 nitrogen and oxygen atoms in total. The van der Waals surface area contributed by atoms with Crippen LogP contribution < -0.4 is 5.32 Å². The Kier molecular flexibility index (Phi) is 4.40. The van der Waals surface area contributed by atoms with E-state index in [1.807, 2.05) is 14.1 Å². The second-order valence-corrected chi connectivity index (χ2v) is 4.61. The minimum Gasteiger partial charge on any atom is -0.344 e. The second kappa shape index (κ2) is 4.61. The predicted molar refractivity (Wildman–Crippen MR) is 55.6 cm³/mol. The van der Waals surface area contributed by atoms with Gasteiger partial charge in [-0.25, -0.2) is 0 Å². The fourth-order valence-corrected chi connectivity index (χ4v) is 1.20. The van der Waals surface area contributed by atoms with Crippen molar-refractivity contribution >= 4 is 5.91 Å². The molecular weight excluding hydrogens is 164 g/mol. The largest absolute Gasteiger partial charge is 0.344 e. The number of carbonyl (C=O) groups is 1. The number of hydrogen-bond acceptors (Lipinski definition) is 2. The van der Waals surface area contributed by atoms with Gasteiger partial charge in [0, 0.05) is 26.6 Å². The monoisotopic (exact) mass is 186 g/mol. The van der Waals surface area contributed by atoms with Gasteiger partial charge in [0.1, 0.15) is 0 Å². The summed E-state index contributed by atoms with van der Waals surface area (Å²) in [4.78, 5) is 12.8. The number of rotatable bonds is 3. The van der Waals surface area contributed by atoms with E-state index in [2.05, 4.69) is 26.1 Å². The SMILES string of the molecule is CNC(CN(C)C(C)=O)C(C)(C)C. The molecule has 0 fully saturated rings. The number of nitrogens with one attached hydrogen (secondary N) is 1. The molecule has 1 unspecified atom stereocenters. The normalized spacial score (nSPS) is 14.0. The van der Waals surface area contributed by atoms with Crippen molar-refractivity contribution in [2.75, 3.05) is 20.6 Å². The molecule has 0 aromatic heterocycles. The molecule has 1 N–H and O–H groups in total. The van der Waals surface area contributed by atoms with Gasteiger partial charge in [-0.3, -0.25) is 4.79 Å². The number of carbonyl (C=O) groups excluding carboxylic acids is 1. The summed E-state index contributed by atoms with van der Waals surface area (Å²) in [5, 5.41) is 3.23. The van der Waals surface area contributed by atoms with Gasteiger partial charge >= 0.3 is 0 Å². The van der Waals surface area contributed by atoms with Crippen LogP contribution >= 0.6 is 0 Å². The highest BCUT2D eigenvalue weighted by atomic mass is 16.2. The Labute approximate surface area is 81.5 Å². The highest BCUT2D eigenvalue weighted by Crippen LogP contribution is 2.19. The number of amides is 1. The molecule has 3 heteroatoms. The van der Waals surface area contributed by atoms with Gasteiger partial charge < -0.3 is 10.2 Å². The summed E-state index contributed by atoms with van der Waals surface area (Å²) in [7, 11) is 3.77. The average Bonchev–Trinajstić information content (AvgIpc) is 1.96. The first kappa shape index (κ1) is 12.4. The number of nitrogens with zero attached hydrogens (tertiary/aromatic N) is 1. The van der Waals surface area contributed by atoms with Gasteiger partial charge in [0.05, 0.1) is 0 Å². The maximum atomic E-state index is 11.0. The zero-order chi connectivity index (χ0) is 10.6. The highest BCUT2D eigenvalue weighted by molar-refractivity contribution is 5.72. The lowest BCUT2D eigenvalue weighted by atomic mass is 9.86. The van der Waals surface area contributed by atoms with E-state index >= 15 is 0 Å². The Morgan fingerprint density at radius 3 is 2.15 bits per heavy atom. The van der Waals surface area contributed by atoms with E-state index in [1.54, 1.807) is 11.8 Å². The first-order valence-corrected chi connectivity index (χ1v) is 4.68. The van der Waals surface area contributed by atoms with Crippen molar-refractivity contribution in [3.63, 3.8) is 0 Å². The maximum absolute atomic E-state index is 11.0. The molecule has 13 heavy (non-hydrogen) atoms. The van der Waals surface area contributed by atoms with Crippen LogP contribution in [-0.2, 0) is 4.79 Å². The molecule has 0 aliphatic heterocycles. The van der Waals surface area contributed by atoms with Crippen LogP contribution in [0.2, 0.25) is 0 Å². The zero-order valence-corrected chi connectivity index (χ0v) is 9.64. The quantitative estimate of drug-likeness (QED) is 0.716. The summed E-state index contributed by atoms with van der Waals surface area (Å²) >= 11 is 0. The van der Waals surface area contributed by atoms with Crippen LogP contribution in [0.15, 0.2) is 0 Å². The van der Waals surface area contributed by atoms with Gasteiger partial charge in [0.15, 0.2) is 0 Å². The number of hydrogen-bond donors (Lipinski definition) is 1. The van der Waals surface area contributed by atoms with Crippen molar-refractivity contribution in [3.8, 4) is 0 Å². The van der Waals surface area contributed by atoms with E-state index in [9.17, 15) is 4.79 Å². The molecule has 0 bridgehead atoms. The first-order chi connectivity index (χ1) is 5.79. The van der Waals surface area contributed by atoms with Crippen molar-refractivity contribution in [2.24, 2.45) is 5.41 Å². The summed E-state index contributed by atoms with van der Waals surface area (Å²) in [6.45, 7) is 8.86. The minimum atomic E-state index is 0.115. The molecule has 0 spiro atoms. The average molecular weight is 186 g/mol. The molecule has 0 heterocycles. The summed E-state index contributed by atoms with van der Waals surface area (Å²) in [6, 6.07) is 0.335. The van der Waals surface area contributed by atoms with Crippen LogP contribution in [0.4, 0.5) is 0 Å². The molecule has 0 saturated heterocycles. The lowest BCUT2D eigenvalue weighted by Gasteiger charge is -2.33.